The molecule has 20 heavy (non-hydrogen) atoms. The Balaban J connectivity index is 1.96. The highest BCUT2D eigenvalue weighted by molar-refractivity contribution is 7.13. The number of aromatic nitrogens is 1. The lowest BCUT2D eigenvalue weighted by Crippen LogP contribution is -2.22. The van der Waals surface area contributed by atoms with Gasteiger partial charge < -0.3 is 5.32 Å². The first-order valence-corrected chi connectivity index (χ1v) is 7.53. The average Bonchev–Trinajstić information content (AvgIpc) is 2.85. The van der Waals surface area contributed by atoms with E-state index in [0.29, 0.717) is 5.13 Å². The van der Waals surface area contributed by atoms with E-state index in [2.05, 4.69) is 46.4 Å². The van der Waals surface area contributed by atoms with E-state index in [9.17, 15) is 4.79 Å². The number of nitrogens with one attached hydrogen (secondary N) is 1. The maximum atomic E-state index is 11.0. The van der Waals surface area contributed by atoms with Gasteiger partial charge in [-0.2, -0.15) is 0 Å². The zero-order valence-corrected chi connectivity index (χ0v) is 12.6. The van der Waals surface area contributed by atoms with E-state index in [-0.39, 0.29) is 5.91 Å². The number of rotatable bonds is 6. The molecule has 0 saturated carbocycles. The molecule has 2 aromatic rings. The van der Waals surface area contributed by atoms with E-state index >= 15 is 0 Å². The van der Waals surface area contributed by atoms with Gasteiger partial charge in [0.1, 0.15) is 0 Å². The van der Waals surface area contributed by atoms with Crippen molar-refractivity contribution in [2.45, 2.75) is 26.9 Å². The number of thiazole rings is 1. The molecule has 0 unspecified atom stereocenters. The Morgan fingerprint density at radius 1 is 1.30 bits per heavy atom. The van der Waals surface area contributed by atoms with E-state index in [0.717, 1.165) is 25.3 Å². The van der Waals surface area contributed by atoms with Crippen LogP contribution in [-0.2, 0) is 17.9 Å². The Hall–Kier alpha value is -1.72. The Morgan fingerprint density at radius 3 is 2.70 bits per heavy atom. The summed E-state index contributed by atoms with van der Waals surface area (Å²) in [6.45, 7) is 6.30. The third-order valence-corrected chi connectivity index (χ3v) is 3.72. The lowest BCUT2D eigenvalue weighted by Gasteiger charge is -2.19. The Kier molecular flexibility index (Phi) is 5.26. The van der Waals surface area contributed by atoms with Crippen LogP contribution < -0.4 is 5.32 Å². The lowest BCUT2D eigenvalue weighted by atomic mass is 10.2. The second-order valence-electron chi connectivity index (χ2n) is 4.61. The maximum Gasteiger partial charge on any atom is 0.223 e. The molecule has 0 radical (unpaired) electrons. The zero-order chi connectivity index (χ0) is 14.4. The Labute approximate surface area is 123 Å². The van der Waals surface area contributed by atoms with Crippen molar-refractivity contribution in [1.29, 1.82) is 0 Å². The van der Waals surface area contributed by atoms with Crippen LogP contribution in [-0.4, -0.2) is 22.3 Å². The standard InChI is InChI=1S/C15H19N3OS/c1-3-18(9-13-7-5-4-6-8-13)10-14-11-20-15(17-14)16-12(2)19/h4-8,11H,3,9-10H2,1-2H3,(H,16,17,19). The van der Waals surface area contributed by atoms with Crippen LogP contribution in [0.4, 0.5) is 5.13 Å². The normalized spacial score (nSPS) is 10.8. The molecular formula is C15H19N3OS. The van der Waals surface area contributed by atoms with Crippen LogP contribution in [0.15, 0.2) is 35.7 Å². The molecule has 0 spiro atoms. The molecule has 0 aliphatic heterocycles. The van der Waals surface area contributed by atoms with Crippen molar-refractivity contribution in [3.8, 4) is 0 Å². The molecule has 2 rings (SSSR count). The van der Waals surface area contributed by atoms with Gasteiger partial charge in [-0.15, -0.1) is 11.3 Å². The molecule has 106 valence electrons. The van der Waals surface area contributed by atoms with Gasteiger partial charge >= 0.3 is 0 Å². The molecule has 1 heterocycles. The van der Waals surface area contributed by atoms with Crippen LogP contribution in [0.2, 0.25) is 0 Å². The minimum absolute atomic E-state index is 0.0810. The number of hydrogen-bond donors (Lipinski definition) is 1. The molecular weight excluding hydrogens is 270 g/mol. The van der Waals surface area contributed by atoms with Crippen molar-refractivity contribution in [3.63, 3.8) is 0 Å². The van der Waals surface area contributed by atoms with Crippen molar-refractivity contribution in [2.24, 2.45) is 0 Å². The number of anilines is 1. The molecule has 0 saturated heterocycles. The van der Waals surface area contributed by atoms with Crippen molar-refractivity contribution >= 4 is 22.4 Å². The number of carbonyl (C=O) groups is 1. The van der Waals surface area contributed by atoms with Gasteiger partial charge in [0.15, 0.2) is 5.13 Å². The first kappa shape index (κ1) is 14.7. The van der Waals surface area contributed by atoms with E-state index in [1.807, 2.05) is 11.4 Å². The van der Waals surface area contributed by atoms with Crippen LogP contribution in [0, 0.1) is 0 Å². The fourth-order valence-electron chi connectivity index (χ4n) is 1.94. The zero-order valence-electron chi connectivity index (χ0n) is 11.8. The topological polar surface area (TPSA) is 45.2 Å². The summed E-state index contributed by atoms with van der Waals surface area (Å²) >= 11 is 1.47. The monoisotopic (exact) mass is 289 g/mol. The molecule has 1 amide bonds. The molecule has 0 bridgehead atoms. The van der Waals surface area contributed by atoms with Crippen molar-refractivity contribution in [3.05, 3.63) is 47.0 Å². The summed E-state index contributed by atoms with van der Waals surface area (Å²) in [5.74, 6) is -0.0810. The molecule has 0 fully saturated rings. The highest BCUT2D eigenvalue weighted by Crippen LogP contribution is 2.17. The first-order valence-electron chi connectivity index (χ1n) is 6.65. The van der Waals surface area contributed by atoms with Crippen LogP contribution in [0.3, 0.4) is 0 Å². The molecule has 0 aliphatic rings. The summed E-state index contributed by atoms with van der Waals surface area (Å²) in [6.07, 6.45) is 0. The lowest BCUT2D eigenvalue weighted by molar-refractivity contribution is -0.114. The highest BCUT2D eigenvalue weighted by atomic mass is 32.1. The number of nitrogens with zero attached hydrogens (tertiary/aromatic N) is 2. The van der Waals surface area contributed by atoms with Gasteiger partial charge in [0.05, 0.1) is 5.69 Å². The Bertz CT molecular complexity index is 553. The average molecular weight is 289 g/mol. The molecule has 5 heteroatoms. The summed E-state index contributed by atoms with van der Waals surface area (Å²) in [6, 6.07) is 10.4. The summed E-state index contributed by atoms with van der Waals surface area (Å²) in [5, 5.41) is 5.38. The van der Waals surface area contributed by atoms with Gasteiger partial charge in [0, 0.05) is 25.4 Å². The van der Waals surface area contributed by atoms with E-state index in [1.165, 1.54) is 23.8 Å². The van der Waals surface area contributed by atoms with Crippen LogP contribution in [0.1, 0.15) is 25.1 Å². The van der Waals surface area contributed by atoms with Crippen molar-refractivity contribution in [2.75, 3.05) is 11.9 Å². The first-order chi connectivity index (χ1) is 9.67. The molecule has 1 N–H and O–H groups in total. The summed E-state index contributed by atoms with van der Waals surface area (Å²) in [4.78, 5) is 17.7. The van der Waals surface area contributed by atoms with Crippen molar-refractivity contribution < 1.29 is 4.79 Å². The number of hydrogen-bond acceptors (Lipinski definition) is 4. The van der Waals surface area contributed by atoms with Gasteiger partial charge in [-0.1, -0.05) is 37.3 Å². The van der Waals surface area contributed by atoms with Crippen LogP contribution in [0.5, 0.6) is 0 Å². The quantitative estimate of drug-likeness (QED) is 0.888. The molecule has 0 aliphatic carbocycles. The number of carbonyl (C=O) groups excluding carboxylic acids is 1. The second-order valence-corrected chi connectivity index (χ2v) is 5.47. The third kappa shape index (κ3) is 4.43. The van der Waals surface area contributed by atoms with E-state index in [1.54, 1.807) is 0 Å². The highest BCUT2D eigenvalue weighted by Gasteiger charge is 2.08. The van der Waals surface area contributed by atoms with Gasteiger partial charge in [-0.3, -0.25) is 9.69 Å². The van der Waals surface area contributed by atoms with Gasteiger partial charge in [0.25, 0.3) is 0 Å². The second kappa shape index (κ2) is 7.17. The molecule has 0 atom stereocenters. The molecule has 4 nitrogen and oxygen atoms in total. The largest absolute Gasteiger partial charge is 0.302 e. The van der Waals surface area contributed by atoms with E-state index < -0.39 is 0 Å². The number of amides is 1. The predicted molar refractivity (Wildman–Crippen MR) is 82.6 cm³/mol. The van der Waals surface area contributed by atoms with Gasteiger partial charge in [0.2, 0.25) is 5.91 Å². The smallest absolute Gasteiger partial charge is 0.223 e. The summed E-state index contributed by atoms with van der Waals surface area (Å²) in [7, 11) is 0. The molecule has 1 aromatic carbocycles. The van der Waals surface area contributed by atoms with Crippen molar-refractivity contribution in [1.82, 2.24) is 9.88 Å². The van der Waals surface area contributed by atoms with Crippen LogP contribution >= 0.6 is 11.3 Å². The minimum atomic E-state index is -0.0810. The number of benzene rings is 1. The van der Waals surface area contributed by atoms with E-state index in [4.69, 9.17) is 0 Å². The fourth-order valence-corrected chi connectivity index (χ4v) is 2.69. The maximum absolute atomic E-state index is 11.0. The summed E-state index contributed by atoms with van der Waals surface area (Å²) in [5.41, 5.74) is 2.29. The Morgan fingerprint density at radius 2 is 2.05 bits per heavy atom. The molecule has 1 aromatic heterocycles. The predicted octanol–water partition coefficient (Wildman–Crippen LogP) is 3.12. The third-order valence-electron chi connectivity index (χ3n) is 2.92. The minimum Gasteiger partial charge on any atom is -0.302 e. The fraction of sp³-hybridized carbons (Fsp3) is 0.333. The summed E-state index contributed by atoms with van der Waals surface area (Å²) < 4.78 is 0. The van der Waals surface area contributed by atoms with Gasteiger partial charge in [-0.05, 0) is 12.1 Å². The van der Waals surface area contributed by atoms with Crippen LogP contribution in [0.25, 0.3) is 0 Å². The van der Waals surface area contributed by atoms with Gasteiger partial charge in [-0.25, -0.2) is 4.98 Å². The SMILES string of the molecule is CCN(Cc1ccccc1)Cc1csc(NC(C)=O)n1.